The van der Waals surface area contributed by atoms with Gasteiger partial charge in [-0.15, -0.1) is 5.10 Å². The molecule has 2 aliphatic rings. The van der Waals surface area contributed by atoms with E-state index < -0.39 is 22.3 Å². The van der Waals surface area contributed by atoms with Crippen LogP contribution in [0.25, 0.3) is 0 Å². The number of carbonyl (C=O) groups excluding carboxylic acids is 2. The van der Waals surface area contributed by atoms with Crippen molar-refractivity contribution < 1.29 is 24.7 Å². The molecule has 12 nitrogen and oxygen atoms in total. The van der Waals surface area contributed by atoms with Gasteiger partial charge in [0.15, 0.2) is 5.60 Å². The number of aromatic nitrogens is 3. The lowest BCUT2D eigenvalue weighted by Crippen LogP contribution is -2.44. The fourth-order valence-electron chi connectivity index (χ4n) is 6.04. The number of nitro groups is 1. The van der Waals surface area contributed by atoms with Crippen LogP contribution in [0.2, 0.25) is 0 Å². The van der Waals surface area contributed by atoms with Gasteiger partial charge in [-0.1, -0.05) is 66.8 Å². The van der Waals surface area contributed by atoms with Crippen molar-refractivity contribution in [2.45, 2.75) is 44.4 Å². The highest BCUT2D eigenvalue weighted by molar-refractivity contribution is 6.07. The number of nitrogens with zero attached hydrogens (tertiary/aromatic N) is 6. The number of aliphatic hydroxyl groups excluding tert-OH is 1. The first-order valence-electron chi connectivity index (χ1n) is 15.2. The number of β-lactam (4-membered cyclic amide) rings is 1. The van der Waals surface area contributed by atoms with E-state index in [-0.39, 0.29) is 36.2 Å². The average Bonchev–Trinajstić information content (AvgIpc) is 3.61. The molecule has 3 atom stereocenters. The Bertz CT molecular complexity index is 1790. The molecule has 12 heteroatoms. The molecule has 1 saturated heterocycles. The molecule has 3 heterocycles. The molecule has 46 heavy (non-hydrogen) atoms. The van der Waals surface area contributed by atoms with Crippen LogP contribution < -0.4 is 9.80 Å². The second kappa shape index (κ2) is 12.7. The van der Waals surface area contributed by atoms with Gasteiger partial charge in [0.2, 0.25) is 5.91 Å². The molecule has 0 spiro atoms. The van der Waals surface area contributed by atoms with Crippen LogP contribution in [0.5, 0.6) is 0 Å². The number of aliphatic hydroxyl groups is 2. The number of benzene rings is 3. The van der Waals surface area contributed by atoms with E-state index in [9.17, 15) is 29.9 Å². The third-order valence-electron chi connectivity index (χ3n) is 8.81. The summed E-state index contributed by atoms with van der Waals surface area (Å²) in [5.41, 5.74) is 1.51. The minimum absolute atomic E-state index is 0.0644. The maximum Gasteiger partial charge on any atom is 0.269 e. The molecule has 2 amide bonds. The minimum atomic E-state index is -2.02. The van der Waals surface area contributed by atoms with Gasteiger partial charge in [0.25, 0.3) is 11.6 Å². The van der Waals surface area contributed by atoms with Gasteiger partial charge in [0.05, 0.1) is 35.4 Å². The molecular weight excluding hydrogens is 588 g/mol. The molecule has 0 bridgehead atoms. The third kappa shape index (κ3) is 5.68. The van der Waals surface area contributed by atoms with Crippen molar-refractivity contribution >= 4 is 28.9 Å². The summed E-state index contributed by atoms with van der Waals surface area (Å²) in [4.78, 5) is 40.0. The summed E-state index contributed by atoms with van der Waals surface area (Å²) >= 11 is 0. The highest BCUT2D eigenvalue weighted by Gasteiger charge is 2.53. The van der Waals surface area contributed by atoms with Crippen LogP contribution in [-0.4, -0.2) is 55.1 Å². The molecule has 236 valence electrons. The van der Waals surface area contributed by atoms with E-state index in [1.807, 2.05) is 60.7 Å². The predicted octanol–water partition coefficient (Wildman–Crippen LogP) is 4.06. The number of carbonyl (C=O) groups is 2. The number of aryl methyl sites for hydroxylation is 1. The number of anilines is 2. The minimum Gasteiger partial charge on any atom is -0.395 e. The molecular formula is C34H34N6O6. The van der Waals surface area contributed by atoms with Crippen LogP contribution in [0.3, 0.4) is 0 Å². The normalized spacial score (nSPS) is 18.9. The SMILES string of the molecule is C[C@@H](/C=C/CCn1cc(C(CO)c2ccccc2)nn1)[C@]1(O)C(=O)N(Cc2ccc(N3CCC3=O)cc2)c2ccc([N+](=O)[O-])cc21. The van der Waals surface area contributed by atoms with Crippen LogP contribution in [0.4, 0.5) is 17.1 Å². The zero-order chi connectivity index (χ0) is 32.4. The predicted molar refractivity (Wildman–Crippen MR) is 170 cm³/mol. The van der Waals surface area contributed by atoms with E-state index in [0.29, 0.717) is 37.3 Å². The maximum atomic E-state index is 13.9. The van der Waals surface area contributed by atoms with Gasteiger partial charge in [-0.05, 0) is 35.7 Å². The zero-order valence-corrected chi connectivity index (χ0v) is 25.3. The molecule has 2 aliphatic heterocycles. The highest BCUT2D eigenvalue weighted by atomic mass is 16.6. The van der Waals surface area contributed by atoms with Crippen molar-refractivity contribution in [3.8, 4) is 0 Å². The van der Waals surface area contributed by atoms with E-state index in [1.165, 1.54) is 23.1 Å². The van der Waals surface area contributed by atoms with E-state index in [2.05, 4.69) is 10.3 Å². The number of hydrogen-bond acceptors (Lipinski definition) is 8. The Labute approximate surface area is 265 Å². The summed E-state index contributed by atoms with van der Waals surface area (Å²) in [5, 5.41) is 42.0. The van der Waals surface area contributed by atoms with Crippen LogP contribution in [-0.2, 0) is 28.3 Å². The van der Waals surface area contributed by atoms with Gasteiger partial charge in [-0.25, -0.2) is 0 Å². The van der Waals surface area contributed by atoms with Gasteiger partial charge >= 0.3 is 0 Å². The number of non-ortho nitro benzene ring substituents is 1. The van der Waals surface area contributed by atoms with Crippen molar-refractivity contribution in [2.75, 3.05) is 23.0 Å². The number of allylic oxidation sites excluding steroid dienone is 1. The summed E-state index contributed by atoms with van der Waals surface area (Å²) in [6, 6.07) is 21.0. The quantitative estimate of drug-likeness (QED) is 0.104. The summed E-state index contributed by atoms with van der Waals surface area (Å²) in [7, 11) is 0. The summed E-state index contributed by atoms with van der Waals surface area (Å²) in [6.07, 6.45) is 6.42. The van der Waals surface area contributed by atoms with Crippen molar-refractivity contribution in [1.82, 2.24) is 15.0 Å². The van der Waals surface area contributed by atoms with Gasteiger partial charge in [0, 0.05) is 55.0 Å². The van der Waals surface area contributed by atoms with Crippen LogP contribution in [0, 0.1) is 16.0 Å². The van der Waals surface area contributed by atoms with Gasteiger partial charge in [0.1, 0.15) is 0 Å². The van der Waals surface area contributed by atoms with Gasteiger partial charge < -0.3 is 20.0 Å². The summed E-state index contributed by atoms with van der Waals surface area (Å²) < 4.78 is 1.68. The summed E-state index contributed by atoms with van der Waals surface area (Å²) in [5.74, 6) is -1.51. The number of amides is 2. The van der Waals surface area contributed by atoms with Gasteiger partial charge in [-0.2, -0.15) is 0 Å². The second-order valence-electron chi connectivity index (χ2n) is 11.6. The Hall–Kier alpha value is -5.20. The summed E-state index contributed by atoms with van der Waals surface area (Å²) in [6.45, 7) is 2.89. The topological polar surface area (TPSA) is 155 Å². The maximum absolute atomic E-state index is 13.9. The fraction of sp³-hybridized carbons (Fsp3) is 0.294. The Morgan fingerprint density at radius 1 is 1.09 bits per heavy atom. The van der Waals surface area contributed by atoms with Crippen molar-refractivity contribution in [2.24, 2.45) is 5.92 Å². The molecule has 1 fully saturated rings. The smallest absolute Gasteiger partial charge is 0.269 e. The lowest BCUT2D eigenvalue weighted by molar-refractivity contribution is -0.385. The number of rotatable bonds is 12. The van der Waals surface area contributed by atoms with E-state index in [4.69, 9.17) is 0 Å². The van der Waals surface area contributed by atoms with E-state index in [0.717, 1.165) is 16.8 Å². The second-order valence-corrected chi connectivity index (χ2v) is 11.6. The average molecular weight is 623 g/mol. The molecule has 0 radical (unpaired) electrons. The fourth-order valence-corrected chi connectivity index (χ4v) is 6.04. The standard InChI is InChI=1S/C34H34N6O6/c1-23(7-5-6-17-37-21-30(35-36-37)28(22-41)25-8-3-2-4-9-25)34(44)29-19-27(40(45)46)14-15-31(29)39(33(34)43)20-24-10-12-26(13-11-24)38-18-16-32(38)42/h2-5,7-15,19,21,23,28,41,44H,6,16-18,20,22H2,1H3/b7-5+/t23-,28?,34+/m0/s1. The Morgan fingerprint density at radius 2 is 1.85 bits per heavy atom. The van der Waals surface area contributed by atoms with Crippen LogP contribution in [0.15, 0.2) is 91.1 Å². The third-order valence-corrected chi connectivity index (χ3v) is 8.81. The first-order valence-corrected chi connectivity index (χ1v) is 15.2. The number of nitro benzene ring substituents is 1. The molecule has 0 saturated carbocycles. The Morgan fingerprint density at radius 3 is 2.50 bits per heavy atom. The first kappa shape index (κ1) is 30.8. The molecule has 1 aromatic heterocycles. The molecule has 4 aromatic rings. The monoisotopic (exact) mass is 622 g/mol. The van der Waals surface area contributed by atoms with Crippen molar-refractivity contribution in [1.29, 1.82) is 0 Å². The molecule has 2 N–H and O–H groups in total. The zero-order valence-electron chi connectivity index (χ0n) is 25.3. The van der Waals surface area contributed by atoms with Crippen molar-refractivity contribution in [3.63, 3.8) is 0 Å². The lowest BCUT2D eigenvalue weighted by Gasteiger charge is -2.31. The van der Waals surface area contributed by atoms with Crippen LogP contribution >= 0.6 is 0 Å². The molecule has 1 unspecified atom stereocenters. The first-order chi connectivity index (χ1) is 22.2. The highest BCUT2D eigenvalue weighted by Crippen LogP contribution is 2.47. The number of fused-ring (bicyclic) bond motifs is 1. The Balaban J connectivity index is 1.17. The molecule has 3 aromatic carbocycles. The van der Waals surface area contributed by atoms with E-state index >= 15 is 0 Å². The number of hydrogen-bond donors (Lipinski definition) is 2. The van der Waals surface area contributed by atoms with Gasteiger partial charge in [-0.3, -0.25) is 24.4 Å². The largest absolute Gasteiger partial charge is 0.395 e. The molecule has 0 aliphatic carbocycles. The van der Waals surface area contributed by atoms with Crippen molar-refractivity contribution in [3.05, 3.63) is 124 Å². The molecule has 6 rings (SSSR count). The lowest BCUT2D eigenvalue weighted by atomic mass is 9.82. The van der Waals surface area contributed by atoms with E-state index in [1.54, 1.807) is 28.8 Å². The Kier molecular flexibility index (Phi) is 8.48. The van der Waals surface area contributed by atoms with Crippen LogP contribution in [0.1, 0.15) is 48.1 Å².